The molecule has 0 spiro atoms. The normalized spacial score (nSPS) is 11.7. The fourth-order valence-electron chi connectivity index (χ4n) is 0.964. The average Bonchev–Trinajstić information content (AvgIpc) is 2.10. The number of Topliss-reactive ketones (excluding diaryl/α,β-unsaturated/α-hetero) is 1. The fraction of sp³-hybridized carbons (Fsp3) is 0.778. The summed E-state index contributed by atoms with van der Waals surface area (Å²) in [5.41, 5.74) is 0.325. The smallest absolute Gasteiger partial charge is 0.180 e. The summed E-state index contributed by atoms with van der Waals surface area (Å²) in [5, 5.41) is 11.5. The fourth-order valence-corrected chi connectivity index (χ4v) is 0.964. The van der Waals surface area contributed by atoms with Crippen LogP contribution < -0.4 is 0 Å². The van der Waals surface area contributed by atoms with E-state index < -0.39 is 0 Å². The van der Waals surface area contributed by atoms with Crippen molar-refractivity contribution in [2.24, 2.45) is 5.16 Å². The first kappa shape index (κ1) is 11.1. The van der Waals surface area contributed by atoms with Gasteiger partial charge < -0.3 is 5.21 Å². The molecule has 12 heavy (non-hydrogen) atoms. The van der Waals surface area contributed by atoms with Gasteiger partial charge in [0.25, 0.3) is 0 Å². The predicted octanol–water partition coefficient (Wildman–Crippen LogP) is 2.38. The van der Waals surface area contributed by atoms with Crippen LogP contribution in [0.2, 0.25) is 0 Å². The Balaban J connectivity index is 3.87. The molecule has 0 unspecified atom stereocenters. The van der Waals surface area contributed by atoms with Gasteiger partial charge in [0.1, 0.15) is 5.71 Å². The molecule has 0 atom stereocenters. The molecule has 70 valence electrons. The van der Waals surface area contributed by atoms with Gasteiger partial charge in [-0.3, -0.25) is 4.79 Å². The number of ketones is 1. The first-order chi connectivity index (χ1) is 5.76. The Bertz CT molecular complexity index is 164. The Hall–Kier alpha value is -0.860. The van der Waals surface area contributed by atoms with Crippen molar-refractivity contribution in [2.75, 3.05) is 0 Å². The van der Waals surface area contributed by atoms with E-state index in [0.29, 0.717) is 18.6 Å². The molecule has 1 N–H and O–H groups in total. The zero-order chi connectivity index (χ0) is 9.40. The van der Waals surface area contributed by atoms with Crippen LogP contribution in [0.15, 0.2) is 5.16 Å². The summed E-state index contributed by atoms with van der Waals surface area (Å²) >= 11 is 0. The molecule has 0 aromatic heterocycles. The molecular weight excluding hydrogens is 154 g/mol. The number of nitrogens with zero attached hydrogens (tertiary/aromatic N) is 1. The minimum absolute atomic E-state index is 0.0128. The van der Waals surface area contributed by atoms with Gasteiger partial charge in [0, 0.05) is 6.42 Å². The molecule has 0 heterocycles. The van der Waals surface area contributed by atoms with Crippen LogP contribution in [0.3, 0.4) is 0 Å². The summed E-state index contributed by atoms with van der Waals surface area (Å²) in [6.45, 7) is 3.99. The molecule has 0 amide bonds. The maximum Gasteiger partial charge on any atom is 0.180 e. The Labute approximate surface area is 73.5 Å². The number of carbonyl (C=O) groups is 1. The zero-order valence-corrected chi connectivity index (χ0v) is 7.84. The van der Waals surface area contributed by atoms with E-state index >= 15 is 0 Å². The Kier molecular flexibility index (Phi) is 6.34. The first-order valence-electron chi connectivity index (χ1n) is 4.50. The number of unbranched alkanes of at least 4 members (excludes halogenated alkanes) is 1. The minimum atomic E-state index is -0.0128. The molecule has 0 saturated carbocycles. The van der Waals surface area contributed by atoms with Crippen LogP contribution >= 0.6 is 0 Å². The van der Waals surface area contributed by atoms with Gasteiger partial charge in [-0.1, -0.05) is 31.8 Å². The van der Waals surface area contributed by atoms with Gasteiger partial charge >= 0.3 is 0 Å². The van der Waals surface area contributed by atoms with E-state index in [2.05, 4.69) is 5.16 Å². The molecular formula is C9H17NO2. The van der Waals surface area contributed by atoms with Crippen LogP contribution in [0.4, 0.5) is 0 Å². The lowest BCUT2D eigenvalue weighted by atomic mass is 10.1. The lowest BCUT2D eigenvalue weighted by Crippen LogP contribution is -2.13. The van der Waals surface area contributed by atoms with Crippen LogP contribution in [-0.2, 0) is 4.79 Å². The minimum Gasteiger partial charge on any atom is -0.411 e. The van der Waals surface area contributed by atoms with Gasteiger partial charge in [-0.2, -0.15) is 0 Å². The third-order valence-corrected chi connectivity index (χ3v) is 1.69. The molecule has 0 aromatic rings. The summed E-state index contributed by atoms with van der Waals surface area (Å²) < 4.78 is 0. The molecule has 0 bridgehead atoms. The van der Waals surface area contributed by atoms with Gasteiger partial charge in [-0.05, 0) is 12.8 Å². The van der Waals surface area contributed by atoms with Crippen molar-refractivity contribution in [1.82, 2.24) is 0 Å². The summed E-state index contributed by atoms with van der Waals surface area (Å²) in [6.07, 6.45) is 3.81. The summed E-state index contributed by atoms with van der Waals surface area (Å²) in [5.74, 6) is -0.0128. The highest BCUT2D eigenvalue weighted by molar-refractivity contribution is 6.39. The van der Waals surface area contributed by atoms with Crippen LogP contribution in [0.25, 0.3) is 0 Å². The first-order valence-corrected chi connectivity index (χ1v) is 4.50. The third kappa shape index (κ3) is 4.11. The van der Waals surface area contributed by atoms with Crippen LogP contribution in [0, 0.1) is 0 Å². The highest BCUT2D eigenvalue weighted by atomic mass is 16.4. The van der Waals surface area contributed by atoms with Gasteiger partial charge in [0.2, 0.25) is 0 Å². The lowest BCUT2D eigenvalue weighted by molar-refractivity contribution is -0.113. The number of carbonyl (C=O) groups excluding carboxylic acids is 1. The molecule has 0 aliphatic heterocycles. The second kappa shape index (κ2) is 6.83. The zero-order valence-electron chi connectivity index (χ0n) is 7.84. The molecule has 0 saturated heterocycles. The van der Waals surface area contributed by atoms with E-state index in [1.807, 2.05) is 13.8 Å². The van der Waals surface area contributed by atoms with E-state index in [0.717, 1.165) is 19.3 Å². The topological polar surface area (TPSA) is 49.7 Å². The molecule has 0 fully saturated rings. The molecule has 0 aromatic carbocycles. The van der Waals surface area contributed by atoms with E-state index in [4.69, 9.17) is 5.21 Å². The monoisotopic (exact) mass is 171 g/mol. The van der Waals surface area contributed by atoms with Crippen molar-refractivity contribution < 1.29 is 10.0 Å². The second-order valence-corrected chi connectivity index (χ2v) is 2.82. The van der Waals surface area contributed by atoms with Gasteiger partial charge in [0.05, 0.1) is 0 Å². The Morgan fingerprint density at radius 3 is 2.33 bits per heavy atom. The Morgan fingerprint density at radius 2 is 1.92 bits per heavy atom. The van der Waals surface area contributed by atoms with Gasteiger partial charge in [0.15, 0.2) is 5.78 Å². The summed E-state index contributed by atoms with van der Waals surface area (Å²) in [6, 6.07) is 0. The molecule has 3 nitrogen and oxygen atoms in total. The summed E-state index contributed by atoms with van der Waals surface area (Å²) in [7, 11) is 0. The predicted molar refractivity (Wildman–Crippen MR) is 48.7 cm³/mol. The van der Waals surface area contributed by atoms with E-state index in [9.17, 15) is 4.79 Å². The van der Waals surface area contributed by atoms with E-state index in [1.54, 1.807) is 0 Å². The van der Waals surface area contributed by atoms with E-state index in [1.165, 1.54) is 0 Å². The van der Waals surface area contributed by atoms with Gasteiger partial charge in [-0.15, -0.1) is 0 Å². The van der Waals surface area contributed by atoms with Crippen LogP contribution in [0.5, 0.6) is 0 Å². The number of hydrogen-bond donors (Lipinski definition) is 1. The van der Waals surface area contributed by atoms with Crippen molar-refractivity contribution in [3.8, 4) is 0 Å². The molecule has 0 rings (SSSR count). The quantitative estimate of drug-likeness (QED) is 0.379. The van der Waals surface area contributed by atoms with Crippen LogP contribution in [0.1, 0.15) is 46.0 Å². The maximum absolute atomic E-state index is 11.2. The highest BCUT2D eigenvalue weighted by Crippen LogP contribution is 2.01. The highest BCUT2D eigenvalue weighted by Gasteiger charge is 2.09. The van der Waals surface area contributed by atoms with Gasteiger partial charge in [-0.25, -0.2) is 0 Å². The average molecular weight is 171 g/mol. The van der Waals surface area contributed by atoms with Crippen molar-refractivity contribution in [3.63, 3.8) is 0 Å². The SMILES string of the molecule is CCCCC(=O)C(CCC)=NO. The maximum atomic E-state index is 11.2. The number of oxime groups is 1. The second-order valence-electron chi connectivity index (χ2n) is 2.82. The third-order valence-electron chi connectivity index (χ3n) is 1.69. The van der Waals surface area contributed by atoms with Crippen molar-refractivity contribution in [1.29, 1.82) is 0 Å². The van der Waals surface area contributed by atoms with Crippen molar-refractivity contribution in [3.05, 3.63) is 0 Å². The Morgan fingerprint density at radius 1 is 1.25 bits per heavy atom. The summed E-state index contributed by atoms with van der Waals surface area (Å²) in [4.78, 5) is 11.2. The molecule has 0 aliphatic rings. The van der Waals surface area contributed by atoms with Crippen molar-refractivity contribution in [2.45, 2.75) is 46.0 Å². The molecule has 0 radical (unpaired) electrons. The largest absolute Gasteiger partial charge is 0.411 e. The molecule has 3 heteroatoms. The van der Waals surface area contributed by atoms with Crippen LogP contribution in [-0.4, -0.2) is 16.7 Å². The number of rotatable bonds is 6. The number of hydrogen-bond acceptors (Lipinski definition) is 3. The van der Waals surface area contributed by atoms with Crippen molar-refractivity contribution >= 4 is 11.5 Å². The standard InChI is InChI=1S/C9H17NO2/c1-3-5-7-9(11)8(10-12)6-4-2/h12H,3-7H2,1-2H3. The molecule has 0 aliphatic carbocycles. The lowest BCUT2D eigenvalue weighted by Gasteiger charge is -1.99. The van der Waals surface area contributed by atoms with E-state index in [-0.39, 0.29) is 5.78 Å².